The molecule has 96 valence electrons. The SMILES string of the molecule is CC(C)[C@@H](C)n1ncc2c(N)nc(C3CC3)nc21. The molecular formula is C13H19N5. The van der Waals surface area contributed by atoms with Gasteiger partial charge in [-0.2, -0.15) is 5.10 Å². The second kappa shape index (κ2) is 3.93. The van der Waals surface area contributed by atoms with E-state index in [-0.39, 0.29) is 0 Å². The topological polar surface area (TPSA) is 69.6 Å². The second-order valence-electron chi connectivity index (χ2n) is 5.55. The molecule has 3 rings (SSSR count). The van der Waals surface area contributed by atoms with Gasteiger partial charge in [-0.25, -0.2) is 14.6 Å². The van der Waals surface area contributed by atoms with Gasteiger partial charge >= 0.3 is 0 Å². The summed E-state index contributed by atoms with van der Waals surface area (Å²) >= 11 is 0. The molecule has 5 heteroatoms. The van der Waals surface area contributed by atoms with Gasteiger partial charge in [0.05, 0.1) is 17.6 Å². The number of anilines is 1. The maximum absolute atomic E-state index is 6.01. The van der Waals surface area contributed by atoms with E-state index in [2.05, 4.69) is 35.8 Å². The largest absolute Gasteiger partial charge is 0.383 e. The van der Waals surface area contributed by atoms with Crippen molar-refractivity contribution in [2.45, 2.75) is 45.6 Å². The van der Waals surface area contributed by atoms with Gasteiger partial charge < -0.3 is 5.73 Å². The number of rotatable bonds is 3. The van der Waals surface area contributed by atoms with Crippen LogP contribution in [0.5, 0.6) is 0 Å². The van der Waals surface area contributed by atoms with E-state index >= 15 is 0 Å². The first-order valence-corrected chi connectivity index (χ1v) is 6.58. The molecule has 0 radical (unpaired) electrons. The molecule has 1 aliphatic rings. The summed E-state index contributed by atoms with van der Waals surface area (Å²) in [4.78, 5) is 9.07. The molecule has 0 amide bonds. The van der Waals surface area contributed by atoms with E-state index in [4.69, 9.17) is 5.73 Å². The Kier molecular flexibility index (Phi) is 2.50. The van der Waals surface area contributed by atoms with Crippen LogP contribution >= 0.6 is 0 Å². The Balaban J connectivity index is 2.15. The van der Waals surface area contributed by atoms with Crippen molar-refractivity contribution < 1.29 is 0 Å². The lowest BCUT2D eigenvalue weighted by Gasteiger charge is -2.16. The zero-order valence-corrected chi connectivity index (χ0v) is 11.1. The number of nitrogen functional groups attached to an aromatic ring is 1. The van der Waals surface area contributed by atoms with E-state index in [1.807, 2.05) is 4.68 Å². The van der Waals surface area contributed by atoms with Gasteiger partial charge in [-0.15, -0.1) is 0 Å². The van der Waals surface area contributed by atoms with Gasteiger partial charge in [0.1, 0.15) is 11.6 Å². The lowest BCUT2D eigenvalue weighted by molar-refractivity contribution is 0.383. The Labute approximate surface area is 106 Å². The fourth-order valence-corrected chi connectivity index (χ4v) is 2.07. The Morgan fingerprint density at radius 1 is 1.28 bits per heavy atom. The maximum Gasteiger partial charge on any atom is 0.163 e. The molecule has 1 atom stereocenters. The number of hydrogen-bond acceptors (Lipinski definition) is 4. The normalized spacial score (nSPS) is 17.6. The summed E-state index contributed by atoms with van der Waals surface area (Å²) in [5.74, 6) is 2.46. The third-order valence-corrected chi connectivity index (χ3v) is 3.79. The monoisotopic (exact) mass is 245 g/mol. The van der Waals surface area contributed by atoms with Crippen LogP contribution in [0.4, 0.5) is 5.82 Å². The average Bonchev–Trinajstić information content (AvgIpc) is 3.08. The molecule has 0 aliphatic heterocycles. The standard InChI is InChI=1S/C13H19N5/c1-7(2)8(3)18-13-10(6-15-18)11(14)16-12(17-13)9-4-5-9/h6-9H,4-5H2,1-3H3,(H2,14,16,17)/t8-/m1/s1. The Bertz CT molecular complexity index is 582. The highest BCUT2D eigenvalue weighted by atomic mass is 15.3. The molecule has 18 heavy (non-hydrogen) atoms. The predicted molar refractivity (Wildman–Crippen MR) is 71.3 cm³/mol. The first-order valence-electron chi connectivity index (χ1n) is 6.58. The number of nitrogens with zero attached hydrogens (tertiary/aromatic N) is 4. The summed E-state index contributed by atoms with van der Waals surface area (Å²) in [6, 6.07) is 0.309. The zero-order chi connectivity index (χ0) is 12.9. The van der Waals surface area contributed by atoms with Crippen molar-refractivity contribution in [3.05, 3.63) is 12.0 Å². The van der Waals surface area contributed by atoms with Crippen LogP contribution in [-0.2, 0) is 0 Å². The zero-order valence-electron chi connectivity index (χ0n) is 11.1. The van der Waals surface area contributed by atoms with Gasteiger partial charge in [0.25, 0.3) is 0 Å². The van der Waals surface area contributed by atoms with Crippen LogP contribution in [0, 0.1) is 5.92 Å². The van der Waals surface area contributed by atoms with Crippen LogP contribution in [0.3, 0.4) is 0 Å². The van der Waals surface area contributed by atoms with Crippen molar-refractivity contribution in [3.63, 3.8) is 0 Å². The van der Waals surface area contributed by atoms with Crippen molar-refractivity contribution in [1.29, 1.82) is 0 Å². The highest BCUT2D eigenvalue weighted by Gasteiger charge is 2.28. The van der Waals surface area contributed by atoms with Crippen LogP contribution in [0.1, 0.15) is 51.4 Å². The maximum atomic E-state index is 6.01. The van der Waals surface area contributed by atoms with Crippen molar-refractivity contribution in [2.75, 3.05) is 5.73 Å². The van der Waals surface area contributed by atoms with Gasteiger partial charge in [-0.1, -0.05) is 13.8 Å². The molecule has 1 aliphatic carbocycles. The summed E-state index contributed by atoms with van der Waals surface area (Å²) in [5.41, 5.74) is 6.89. The molecule has 1 saturated carbocycles. The van der Waals surface area contributed by atoms with Crippen molar-refractivity contribution in [1.82, 2.24) is 19.7 Å². The minimum absolute atomic E-state index is 0.309. The predicted octanol–water partition coefficient (Wildman–Crippen LogP) is 2.50. The van der Waals surface area contributed by atoms with Gasteiger partial charge in [0, 0.05) is 5.92 Å². The van der Waals surface area contributed by atoms with Gasteiger partial charge in [-0.05, 0) is 25.7 Å². The summed E-state index contributed by atoms with van der Waals surface area (Å²) in [6.45, 7) is 6.53. The van der Waals surface area contributed by atoms with E-state index in [1.54, 1.807) is 6.20 Å². The summed E-state index contributed by atoms with van der Waals surface area (Å²) < 4.78 is 1.98. The minimum Gasteiger partial charge on any atom is -0.383 e. The molecule has 2 heterocycles. The second-order valence-corrected chi connectivity index (χ2v) is 5.55. The van der Waals surface area contributed by atoms with Crippen LogP contribution in [0.25, 0.3) is 11.0 Å². The average molecular weight is 245 g/mol. The minimum atomic E-state index is 0.309. The van der Waals surface area contributed by atoms with Crippen LogP contribution in [0.2, 0.25) is 0 Å². The summed E-state index contributed by atoms with van der Waals surface area (Å²) in [7, 11) is 0. The molecular weight excluding hydrogens is 226 g/mol. The van der Waals surface area contributed by atoms with E-state index in [9.17, 15) is 0 Å². The third kappa shape index (κ3) is 1.74. The molecule has 0 spiro atoms. The van der Waals surface area contributed by atoms with Crippen LogP contribution < -0.4 is 5.73 Å². The molecule has 1 fully saturated rings. The third-order valence-electron chi connectivity index (χ3n) is 3.79. The summed E-state index contributed by atoms with van der Waals surface area (Å²) in [5, 5.41) is 5.30. The van der Waals surface area contributed by atoms with Gasteiger partial charge in [0.15, 0.2) is 5.65 Å². The fraction of sp³-hybridized carbons (Fsp3) is 0.615. The number of hydrogen-bond donors (Lipinski definition) is 1. The first kappa shape index (κ1) is 11.4. The van der Waals surface area contributed by atoms with Crippen molar-refractivity contribution >= 4 is 16.9 Å². The quantitative estimate of drug-likeness (QED) is 0.902. The van der Waals surface area contributed by atoms with E-state index in [1.165, 1.54) is 12.8 Å². The molecule has 2 N–H and O–H groups in total. The van der Waals surface area contributed by atoms with Gasteiger partial charge in [-0.3, -0.25) is 0 Å². The Morgan fingerprint density at radius 2 is 2.00 bits per heavy atom. The van der Waals surface area contributed by atoms with Gasteiger partial charge in [0.2, 0.25) is 0 Å². The number of nitrogens with two attached hydrogens (primary N) is 1. The molecule has 2 aromatic rings. The first-order chi connectivity index (χ1) is 8.58. The van der Waals surface area contributed by atoms with E-state index in [0.717, 1.165) is 16.9 Å². The highest BCUT2D eigenvalue weighted by Crippen LogP contribution is 2.39. The van der Waals surface area contributed by atoms with Crippen molar-refractivity contribution in [3.8, 4) is 0 Å². The van der Waals surface area contributed by atoms with E-state index < -0.39 is 0 Å². The lowest BCUT2D eigenvalue weighted by Crippen LogP contribution is -2.14. The molecule has 0 saturated heterocycles. The molecule has 5 nitrogen and oxygen atoms in total. The molecule has 0 unspecified atom stereocenters. The van der Waals surface area contributed by atoms with E-state index in [0.29, 0.717) is 23.7 Å². The Morgan fingerprint density at radius 3 is 2.61 bits per heavy atom. The number of fused-ring (bicyclic) bond motifs is 1. The van der Waals surface area contributed by atoms with Crippen LogP contribution in [0.15, 0.2) is 6.20 Å². The molecule has 0 aromatic carbocycles. The van der Waals surface area contributed by atoms with Crippen molar-refractivity contribution in [2.24, 2.45) is 5.92 Å². The lowest BCUT2D eigenvalue weighted by atomic mass is 10.1. The highest BCUT2D eigenvalue weighted by molar-refractivity contribution is 5.85. The van der Waals surface area contributed by atoms with Crippen LogP contribution in [-0.4, -0.2) is 19.7 Å². The smallest absolute Gasteiger partial charge is 0.163 e. The number of aromatic nitrogens is 4. The fourth-order valence-electron chi connectivity index (χ4n) is 2.07. The molecule has 0 bridgehead atoms. The summed E-state index contributed by atoms with van der Waals surface area (Å²) in [6.07, 6.45) is 4.14. The molecule has 2 aromatic heterocycles. The Hall–Kier alpha value is -1.65.